The van der Waals surface area contributed by atoms with Gasteiger partial charge in [0.1, 0.15) is 11.8 Å². The van der Waals surface area contributed by atoms with Gasteiger partial charge in [0.15, 0.2) is 0 Å². The molecule has 2 amide bonds. The lowest BCUT2D eigenvalue weighted by Crippen LogP contribution is -2.49. The number of carboxylic acids is 1. The molecule has 0 aliphatic carbocycles. The number of rotatable bonds is 13. The Kier molecular flexibility index (Phi) is 13.2. The van der Waals surface area contributed by atoms with Crippen molar-refractivity contribution in [3.63, 3.8) is 0 Å². The minimum atomic E-state index is -1.04. The lowest BCUT2D eigenvalue weighted by Gasteiger charge is -2.31. The fourth-order valence-corrected chi connectivity index (χ4v) is 4.39. The molecule has 0 unspecified atom stereocenters. The van der Waals surface area contributed by atoms with Crippen LogP contribution in [0.15, 0.2) is 24.3 Å². The number of halogens is 1. The summed E-state index contributed by atoms with van der Waals surface area (Å²) in [7, 11) is 1.60. The van der Waals surface area contributed by atoms with E-state index in [1.807, 2.05) is 35.4 Å². The highest BCUT2D eigenvalue weighted by Gasteiger charge is 2.30. The lowest BCUT2D eigenvalue weighted by atomic mass is 10.1. The van der Waals surface area contributed by atoms with Gasteiger partial charge < -0.3 is 25.8 Å². The molecule has 33 heavy (non-hydrogen) atoms. The number of hydrogen-bond donors (Lipinski definition) is 3. The van der Waals surface area contributed by atoms with Crippen molar-refractivity contribution in [3.05, 3.63) is 29.8 Å². The number of carbonyl (C=O) groups excluding carboxylic acids is 2. The molecule has 0 radical (unpaired) electrons. The van der Waals surface area contributed by atoms with E-state index in [1.165, 1.54) is 11.8 Å². The van der Waals surface area contributed by atoms with Crippen LogP contribution < -0.4 is 15.8 Å². The topological polar surface area (TPSA) is 125 Å². The Morgan fingerprint density at radius 1 is 1.39 bits per heavy atom. The third-order valence-electron chi connectivity index (χ3n) is 5.49. The van der Waals surface area contributed by atoms with E-state index in [0.29, 0.717) is 31.8 Å². The molecule has 1 aromatic rings. The number of nitrogens with one attached hydrogen (secondary N) is 1. The van der Waals surface area contributed by atoms with Crippen LogP contribution in [0.25, 0.3) is 0 Å². The molecule has 0 spiro atoms. The normalized spacial score (nSPS) is 16.2. The van der Waals surface area contributed by atoms with E-state index >= 15 is 0 Å². The lowest BCUT2D eigenvalue weighted by molar-refractivity contribution is -0.142. The number of methoxy groups -OCH3 is 1. The van der Waals surface area contributed by atoms with Crippen LogP contribution in [-0.4, -0.2) is 90.1 Å². The molecule has 11 heteroatoms. The van der Waals surface area contributed by atoms with E-state index in [0.717, 1.165) is 24.2 Å². The smallest absolute Gasteiger partial charge is 0.326 e. The molecule has 2 atom stereocenters. The van der Waals surface area contributed by atoms with Gasteiger partial charge in [-0.25, -0.2) is 4.79 Å². The first-order chi connectivity index (χ1) is 15.4. The van der Waals surface area contributed by atoms with Crippen molar-refractivity contribution in [2.24, 2.45) is 5.73 Å². The molecule has 1 fully saturated rings. The van der Waals surface area contributed by atoms with Crippen molar-refractivity contribution in [1.82, 2.24) is 15.1 Å². The van der Waals surface area contributed by atoms with Crippen LogP contribution in [0.3, 0.4) is 0 Å². The molecule has 2 rings (SSSR count). The van der Waals surface area contributed by atoms with Gasteiger partial charge in [-0.3, -0.25) is 14.5 Å². The number of aliphatic carboxylic acids is 1. The molecule has 4 N–H and O–H groups in total. The van der Waals surface area contributed by atoms with Gasteiger partial charge in [-0.05, 0) is 49.0 Å². The van der Waals surface area contributed by atoms with Gasteiger partial charge in [-0.2, -0.15) is 11.8 Å². The zero-order valence-electron chi connectivity index (χ0n) is 19.2. The van der Waals surface area contributed by atoms with E-state index < -0.39 is 12.0 Å². The number of amides is 2. The minimum absolute atomic E-state index is 0. The van der Waals surface area contributed by atoms with Gasteiger partial charge in [0.2, 0.25) is 11.8 Å². The highest BCUT2D eigenvalue weighted by molar-refractivity contribution is 7.98. The number of ether oxygens (including phenoxy) is 1. The van der Waals surface area contributed by atoms with Gasteiger partial charge in [0, 0.05) is 25.7 Å². The van der Waals surface area contributed by atoms with E-state index in [-0.39, 0.29) is 43.4 Å². The molecule has 0 saturated carbocycles. The summed E-state index contributed by atoms with van der Waals surface area (Å²) < 4.78 is 5.30. The fourth-order valence-electron chi connectivity index (χ4n) is 3.92. The highest BCUT2D eigenvalue weighted by Crippen LogP contribution is 2.20. The summed E-state index contributed by atoms with van der Waals surface area (Å²) in [6.45, 7) is 1.62. The summed E-state index contributed by atoms with van der Waals surface area (Å²) in [5.74, 6) is -0.126. The summed E-state index contributed by atoms with van der Waals surface area (Å²) >= 11 is 1.54. The summed E-state index contributed by atoms with van der Waals surface area (Å²) in [6.07, 6.45) is 3.99. The van der Waals surface area contributed by atoms with Gasteiger partial charge in [0.05, 0.1) is 20.2 Å². The monoisotopic (exact) mass is 502 g/mol. The van der Waals surface area contributed by atoms with E-state index in [9.17, 15) is 19.5 Å². The van der Waals surface area contributed by atoms with E-state index in [1.54, 1.807) is 12.0 Å². The van der Waals surface area contributed by atoms with Crippen LogP contribution in [-0.2, 0) is 20.9 Å². The Balaban J connectivity index is 0.00000544. The van der Waals surface area contributed by atoms with Crippen LogP contribution in [0.1, 0.15) is 24.8 Å². The van der Waals surface area contributed by atoms with Gasteiger partial charge >= 0.3 is 5.97 Å². The average molecular weight is 503 g/mol. The Hall–Kier alpha value is -2.01. The van der Waals surface area contributed by atoms with Crippen LogP contribution in [0.4, 0.5) is 0 Å². The van der Waals surface area contributed by atoms with Crippen molar-refractivity contribution in [3.8, 4) is 5.75 Å². The number of carbonyl (C=O) groups is 3. The van der Waals surface area contributed by atoms with Crippen LogP contribution in [0, 0.1) is 0 Å². The molecule has 186 valence electrons. The predicted molar refractivity (Wildman–Crippen MR) is 132 cm³/mol. The molecule has 1 aromatic carbocycles. The number of carboxylic acid groups (broad SMARTS) is 1. The van der Waals surface area contributed by atoms with Crippen molar-refractivity contribution in [2.75, 3.05) is 45.3 Å². The SMILES string of the molecule is COc1cccc(CN(CC(=O)N[C@@H](CCSC)C(=O)O)C[C@@H]2CCCN2C(=O)CN)c1.Cl. The van der Waals surface area contributed by atoms with Crippen LogP contribution in [0.2, 0.25) is 0 Å². The Labute approximate surface area is 205 Å². The van der Waals surface area contributed by atoms with Crippen LogP contribution >= 0.6 is 24.2 Å². The fraction of sp³-hybridized carbons (Fsp3) is 0.591. The minimum Gasteiger partial charge on any atom is -0.497 e. The highest BCUT2D eigenvalue weighted by atomic mass is 35.5. The maximum absolute atomic E-state index is 12.7. The first-order valence-electron chi connectivity index (χ1n) is 10.7. The number of nitrogens with zero attached hydrogens (tertiary/aromatic N) is 2. The third-order valence-corrected chi connectivity index (χ3v) is 6.14. The van der Waals surface area contributed by atoms with Crippen molar-refractivity contribution < 1.29 is 24.2 Å². The van der Waals surface area contributed by atoms with E-state index in [2.05, 4.69) is 5.32 Å². The Morgan fingerprint density at radius 3 is 2.79 bits per heavy atom. The number of hydrogen-bond acceptors (Lipinski definition) is 7. The van der Waals surface area contributed by atoms with Gasteiger partial charge in [-0.1, -0.05) is 12.1 Å². The molecule has 1 aliphatic heterocycles. The molecular formula is C22H35ClN4O5S. The first kappa shape index (κ1) is 29.0. The summed E-state index contributed by atoms with van der Waals surface area (Å²) in [6, 6.07) is 6.63. The van der Waals surface area contributed by atoms with Crippen molar-refractivity contribution >= 4 is 42.0 Å². The first-order valence-corrected chi connectivity index (χ1v) is 12.1. The summed E-state index contributed by atoms with van der Waals surface area (Å²) in [4.78, 5) is 40.2. The number of benzene rings is 1. The van der Waals surface area contributed by atoms with E-state index in [4.69, 9.17) is 10.5 Å². The van der Waals surface area contributed by atoms with Crippen molar-refractivity contribution in [1.29, 1.82) is 0 Å². The molecular weight excluding hydrogens is 468 g/mol. The molecule has 1 aliphatic rings. The molecule has 1 heterocycles. The second kappa shape index (κ2) is 15.0. The molecule has 0 bridgehead atoms. The van der Waals surface area contributed by atoms with Crippen molar-refractivity contribution in [2.45, 2.75) is 37.9 Å². The predicted octanol–water partition coefficient (Wildman–Crippen LogP) is 1.19. The molecule has 0 aromatic heterocycles. The van der Waals surface area contributed by atoms with Crippen LogP contribution in [0.5, 0.6) is 5.75 Å². The number of thioether (sulfide) groups is 1. The Bertz CT molecular complexity index is 785. The number of nitrogens with two attached hydrogens (primary N) is 1. The number of likely N-dealkylation sites (tertiary alicyclic amines) is 1. The Morgan fingerprint density at radius 2 is 2.15 bits per heavy atom. The maximum Gasteiger partial charge on any atom is 0.326 e. The summed E-state index contributed by atoms with van der Waals surface area (Å²) in [5, 5.41) is 12.1. The quantitative estimate of drug-likeness (QED) is 0.367. The van der Waals surface area contributed by atoms with Gasteiger partial charge in [-0.15, -0.1) is 12.4 Å². The zero-order chi connectivity index (χ0) is 23.5. The standard InChI is InChI=1S/C22H34N4O5S.ClH/c1-31-18-7-3-5-16(11-18)13-25(14-17-6-4-9-26(17)21(28)12-23)15-20(27)24-19(22(29)30)8-10-32-2;/h3,5,7,11,17,19H,4,6,8-10,12-15,23H2,1-2H3,(H,24,27)(H,29,30);1H/t17-,19-;/m0./s1. The average Bonchev–Trinajstić information content (AvgIpc) is 3.23. The van der Waals surface area contributed by atoms with Gasteiger partial charge in [0.25, 0.3) is 0 Å². The molecule has 1 saturated heterocycles. The maximum atomic E-state index is 12.7. The third kappa shape index (κ3) is 9.40. The second-order valence-corrected chi connectivity index (χ2v) is 8.83. The summed E-state index contributed by atoms with van der Waals surface area (Å²) in [5.41, 5.74) is 6.53. The zero-order valence-corrected chi connectivity index (χ0v) is 20.8. The second-order valence-electron chi connectivity index (χ2n) is 7.85. The largest absolute Gasteiger partial charge is 0.497 e. The molecule has 9 nitrogen and oxygen atoms in total.